The second-order valence-electron chi connectivity index (χ2n) is 6.35. The zero-order chi connectivity index (χ0) is 15.3. The predicted molar refractivity (Wildman–Crippen MR) is 82.3 cm³/mol. The van der Waals surface area contributed by atoms with E-state index in [1.807, 2.05) is 6.92 Å². The van der Waals surface area contributed by atoms with Gasteiger partial charge in [-0.2, -0.15) is 0 Å². The van der Waals surface area contributed by atoms with Gasteiger partial charge in [-0.15, -0.1) is 0 Å². The molecular weight excluding hydrogens is 268 g/mol. The van der Waals surface area contributed by atoms with Crippen LogP contribution < -0.4 is 0 Å². The number of hydrogen-bond acceptors (Lipinski definition) is 5. The summed E-state index contributed by atoms with van der Waals surface area (Å²) in [5, 5.41) is 0. The Morgan fingerprint density at radius 1 is 1.29 bits per heavy atom. The van der Waals surface area contributed by atoms with E-state index in [2.05, 4.69) is 23.8 Å². The molecule has 0 aliphatic carbocycles. The molecular formula is C16H30N2O3. The molecule has 2 aliphatic rings. The molecule has 0 saturated carbocycles. The fourth-order valence-corrected chi connectivity index (χ4v) is 3.58. The molecule has 0 aromatic carbocycles. The van der Waals surface area contributed by atoms with Crippen LogP contribution >= 0.6 is 0 Å². The minimum absolute atomic E-state index is 0.0619. The lowest BCUT2D eigenvalue weighted by molar-refractivity contribution is -0.152. The summed E-state index contributed by atoms with van der Waals surface area (Å²) >= 11 is 0. The second kappa shape index (κ2) is 7.56. The van der Waals surface area contributed by atoms with Crippen molar-refractivity contribution < 1.29 is 14.3 Å². The fourth-order valence-electron chi connectivity index (χ4n) is 3.58. The molecule has 0 amide bonds. The molecule has 2 unspecified atom stereocenters. The van der Waals surface area contributed by atoms with Crippen LogP contribution in [-0.4, -0.2) is 73.9 Å². The number of ether oxygens (including phenoxy) is 2. The number of hydrogen-bond donors (Lipinski definition) is 0. The summed E-state index contributed by atoms with van der Waals surface area (Å²) in [5.74, 6) is -0.0619. The van der Waals surface area contributed by atoms with E-state index in [9.17, 15) is 4.79 Å². The van der Waals surface area contributed by atoms with Crippen LogP contribution in [-0.2, 0) is 14.3 Å². The van der Waals surface area contributed by atoms with E-state index >= 15 is 0 Å². The first-order valence-electron chi connectivity index (χ1n) is 8.30. The molecule has 2 fully saturated rings. The van der Waals surface area contributed by atoms with E-state index in [0.717, 1.165) is 52.0 Å². The average Bonchev–Trinajstić information content (AvgIpc) is 2.48. The summed E-state index contributed by atoms with van der Waals surface area (Å²) in [6.45, 7) is 9.47. The largest absolute Gasteiger partial charge is 0.466 e. The highest BCUT2D eigenvalue weighted by Crippen LogP contribution is 2.36. The first-order valence-corrected chi connectivity index (χ1v) is 8.30. The minimum Gasteiger partial charge on any atom is -0.466 e. The molecule has 5 heteroatoms. The third-order valence-electron chi connectivity index (χ3n) is 4.94. The van der Waals surface area contributed by atoms with Gasteiger partial charge in [0.15, 0.2) is 0 Å². The molecule has 2 saturated heterocycles. The van der Waals surface area contributed by atoms with E-state index in [1.54, 1.807) is 0 Å². The predicted octanol–water partition coefficient (Wildman–Crippen LogP) is 1.51. The number of esters is 1. The zero-order valence-corrected chi connectivity index (χ0v) is 13.8. The smallest absolute Gasteiger partial charge is 0.307 e. The lowest BCUT2D eigenvalue weighted by atomic mass is 9.80. The van der Waals surface area contributed by atoms with Gasteiger partial charge in [0.05, 0.1) is 19.1 Å². The van der Waals surface area contributed by atoms with Gasteiger partial charge < -0.3 is 14.4 Å². The van der Waals surface area contributed by atoms with Crippen molar-refractivity contribution in [3.05, 3.63) is 0 Å². The first-order chi connectivity index (χ1) is 10.1. The molecule has 2 aliphatic heterocycles. The minimum atomic E-state index is -0.0631. The zero-order valence-electron chi connectivity index (χ0n) is 13.8. The number of likely N-dealkylation sites (N-methyl/N-ethyl adjacent to an activating group) is 1. The molecule has 2 heterocycles. The van der Waals surface area contributed by atoms with Crippen molar-refractivity contribution >= 4 is 5.97 Å². The van der Waals surface area contributed by atoms with E-state index in [1.165, 1.54) is 0 Å². The number of carbonyl (C=O) groups is 1. The number of nitrogens with zero attached hydrogens (tertiary/aromatic N) is 2. The van der Waals surface area contributed by atoms with Crippen molar-refractivity contribution in [3.8, 4) is 0 Å². The molecule has 0 radical (unpaired) electrons. The van der Waals surface area contributed by atoms with Gasteiger partial charge in [-0.25, -0.2) is 0 Å². The summed E-state index contributed by atoms with van der Waals surface area (Å²) in [6, 6.07) is 0. The highest BCUT2D eigenvalue weighted by Gasteiger charge is 2.44. The summed E-state index contributed by atoms with van der Waals surface area (Å²) in [5.41, 5.74) is -0.0631. The Bertz CT molecular complexity index is 342. The van der Waals surface area contributed by atoms with Crippen LogP contribution in [0.3, 0.4) is 0 Å². The van der Waals surface area contributed by atoms with Crippen molar-refractivity contribution in [2.45, 2.75) is 51.2 Å². The molecule has 2 rings (SSSR count). The van der Waals surface area contributed by atoms with Crippen molar-refractivity contribution in [2.75, 3.05) is 46.4 Å². The molecule has 5 nitrogen and oxygen atoms in total. The standard InChI is InChI=1S/C16H30N2O3/c1-4-14-12-16(6-11-21-14,13-15(19)20-5-2)18-9-7-17(3)8-10-18/h14H,4-13H2,1-3H3. The molecule has 0 N–H and O–H groups in total. The maximum absolute atomic E-state index is 12.1. The molecule has 0 bridgehead atoms. The van der Waals surface area contributed by atoms with Crippen LogP contribution in [0.25, 0.3) is 0 Å². The van der Waals surface area contributed by atoms with Crippen LogP contribution in [0.2, 0.25) is 0 Å². The molecule has 21 heavy (non-hydrogen) atoms. The van der Waals surface area contributed by atoms with Gasteiger partial charge in [-0.05, 0) is 33.2 Å². The van der Waals surface area contributed by atoms with Gasteiger partial charge in [0.25, 0.3) is 0 Å². The Balaban J connectivity index is 2.10. The van der Waals surface area contributed by atoms with Crippen LogP contribution in [0, 0.1) is 0 Å². The van der Waals surface area contributed by atoms with E-state index in [4.69, 9.17) is 9.47 Å². The quantitative estimate of drug-likeness (QED) is 0.720. The summed E-state index contributed by atoms with van der Waals surface area (Å²) in [6.07, 6.45) is 3.67. The highest BCUT2D eigenvalue weighted by molar-refractivity contribution is 5.71. The third-order valence-corrected chi connectivity index (χ3v) is 4.94. The summed E-state index contributed by atoms with van der Waals surface area (Å²) < 4.78 is 11.1. The summed E-state index contributed by atoms with van der Waals surface area (Å²) in [7, 11) is 2.16. The van der Waals surface area contributed by atoms with E-state index in [0.29, 0.717) is 13.0 Å². The van der Waals surface area contributed by atoms with E-state index in [-0.39, 0.29) is 17.6 Å². The van der Waals surface area contributed by atoms with Crippen LogP contribution in [0.15, 0.2) is 0 Å². The van der Waals surface area contributed by atoms with Crippen LogP contribution in [0.1, 0.15) is 39.5 Å². The Labute approximate surface area is 128 Å². The van der Waals surface area contributed by atoms with E-state index < -0.39 is 0 Å². The lowest BCUT2D eigenvalue weighted by Gasteiger charge is -2.50. The Morgan fingerprint density at radius 2 is 2.00 bits per heavy atom. The van der Waals surface area contributed by atoms with Gasteiger partial charge in [-0.3, -0.25) is 9.69 Å². The third kappa shape index (κ3) is 4.18. The monoisotopic (exact) mass is 298 g/mol. The van der Waals surface area contributed by atoms with Crippen molar-refractivity contribution in [1.29, 1.82) is 0 Å². The SMILES string of the molecule is CCOC(=O)CC1(N2CCN(C)CC2)CCOC(CC)C1. The fraction of sp³-hybridized carbons (Fsp3) is 0.938. The molecule has 2 atom stereocenters. The normalized spacial score (nSPS) is 32.0. The lowest BCUT2D eigenvalue weighted by Crippen LogP contribution is -2.60. The Kier molecular flexibility index (Phi) is 6.02. The number of carbonyl (C=O) groups excluding carboxylic acids is 1. The van der Waals surface area contributed by atoms with Crippen molar-refractivity contribution in [1.82, 2.24) is 9.80 Å². The van der Waals surface area contributed by atoms with Gasteiger partial charge in [-0.1, -0.05) is 6.92 Å². The molecule has 0 aromatic heterocycles. The maximum Gasteiger partial charge on any atom is 0.307 e. The van der Waals surface area contributed by atoms with Crippen molar-refractivity contribution in [2.24, 2.45) is 0 Å². The maximum atomic E-state index is 12.1. The Hall–Kier alpha value is -0.650. The average molecular weight is 298 g/mol. The molecule has 122 valence electrons. The topological polar surface area (TPSA) is 42.0 Å². The number of rotatable bonds is 5. The number of piperazine rings is 1. The van der Waals surface area contributed by atoms with Crippen LogP contribution in [0.4, 0.5) is 0 Å². The highest BCUT2D eigenvalue weighted by atomic mass is 16.5. The molecule has 0 spiro atoms. The van der Waals surface area contributed by atoms with Crippen LogP contribution in [0.5, 0.6) is 0 Å². The second-order valence-corrected chi connectivity index (χ2v) is 6.35. The van der Waals surface area contributed by atoms with Gasteiger partial charge in [0, 0.05) is 38.3 Å². The summed E-state index contributed by atoms with van der Waals surface area (Å²) in [4.78, 5) is 17.0. The first kappa shape index (κ1) is 16.7. The van der Waals surface area contributed by atoms with Gasteiger partial charge in [0.2, 0.25) is 0 Å². The van der Waals surface area contributed by atoms with Crippen molar-refractivity contribution in [3.63, 3.8) is 0 Å². The van der Waals surface area contributed by atoms with Gasteiger partial charge in [0.1, 0.15) is 0 Å². The van der Waals surface area contributed by atoms with Gasteiger partial charge >= 0.3 is 5.97 Å². The molecule has 0 aromatic rings. The Morgan fingerprint density at radius 3 is 2.62 bits per heavy atom.